The molecule has 1 aromatic heterocycles. The Morgan fingerprint density at radius 2 is 1.77 bits per heavy atom. The molecule has 0 aliphatic carbocycles. The van der Waals surface area contributed by atoms with Gasteiger partial charge in [0.05, 0.1) is 22.5 Å². The average Bonchev–Trinajstić information content (AvgIpc) is 2.55. The van der Waals surface area contributed by atoms with Crippen LogP contribution < -0.4 is 5.73 Å². The maximum atomic E-state index is 14.0. The van der Waals surface area contributed by atoms with Crippen molar-refractivity contribution in [2.75, 3.05) is 13.1 Å². The third-order valence-corrected chi connectivity index (χ3v) is 4.95. The summed E-state index contributed by atoms with van der Waals surface area (Å²) in [6.07, 6.45) is 1.75. The van der Waals surface area contributed by atoms with Gasteiger partial charge in [-0.25, -0.2) is 14.4 Å². The van der Waals surface area contributed by atoms with Gasteiger partial charge in [0, 0.05) is 25.2 Å². The van der Waals surface area contributed by atoms with Gasteiger partial charge in [-0.15, -0.1) is 24.8 Å². The highest BCUT2D eigenvalue weighted by molar-refractivity contribution is 6.04. The molecule has 1 atom stereocenters. The number of hydrogen-bond acceptors (Lipinski definition) is 4. The number of halogens is 3. The van der Waals surface area contributed by atoms with Crippen molar-refractivity contribution in [1.82, 2.24) is 14.9 Å². The number of hydrogen-bond donors (Lipinski definition) is 1. The molecule has 1 unspecified atom stereocenters. The minimum absolute atomic E-state index is 0. The summed E-state index contributed by atoms with van der Waals surface area (Å²) in [6.45, 7) is 6.95. The highest BCUT2D eigenvalue weighted by atomic mass is 35.5. The summed E-state index contributed by atoms with van der Waals surface area (Å²) in [7, 11) is 0. The third kappa shape index (κ3) is 4.42. The lowest BCUT2D eigenvalue weighted by Crippen LogP contribution is -2.42. The van der Waals surface area contributed by atoms with E-state index >= 15 is 0 Å². The van der Waals surface area contributed by atoms with E-state index in [0.29, 0.717) is 35.6 Å². The van der Waals surface area contributed by atoms with Crippen molar-refractivity contribution in [3.8, 4) is 0 Å². The Hall–Kier alpha value is -1.50. The van der Waals surface area contributed by atoms with Crippen molar-refractivity contribution in [3.63, 3.8) is 0 Å². The molecule has 2 heterocycles. The number of nitrogens with zero attached hydrogens (tertiary/aromatic N) is 3. The van der Waals surface area contributed by atoms with E-state index in [1.165, 1.54) is 12.1 Å². The zero-order valence-electron chi connectivity index (χ0n) is 15.2. The molecule has 1 saturated heterocycles. The Morgan fingerprint density at radius 3 is 2.35 bits per heavy atom. The van der Waals surface area contributed by atoms with Crippen molar-refractivity contribution in [2.45, 2.75) is 39.7 Å². The predicted molar refractivity (Wildman–Crippen MR) is 106 cm³/mol. The maximum Gasteiger partial charge on any atom is 0.256 e. The van der Waals surface area contributed by atoms with Crippen molar-refractivity contribution in [3.05, 3.63) is 34.9 Å². The standard InChI is InChI=1S/C18H23FN4O.2ClH/c1-10(20)13-4-6-23(7-5-13)18(24)15-8-14(19)9-16-17(15)22-12(3)11(2)21-16;;/h8-10,13H,4-7,20H2,1-3H3;2*1H. The van der Waals surface area contributed by atoms with Gasteiger partial charge in [0.25, 0.3) is 5.91 Å². The molecule has 144 valence electrons. The number of piperidine rings is 1. The van der Waals surface area contributed by atoms with Crippen molar-refractivity contribution in [1.29, 1.82) is 0 Å². The normalized spacial score (nSPS) is 16.0. The van der Waals surface area contributed by atoms with E-state index in [1.807, 2.05) is 20.8 Å². The molecule has 1 aliphatic heterocycles. The van der Waals surface area contributed by atoms with Gasteiger partial charge in [-0.05, 0) is 45.6 Å². The summed E-state index contributed by atoms with van der Waals surface area (Å²) in [4.78, 5) is 23.5. The van der Waals surface area contributed by atoms with Crippen molar-refractivity contribution in [2.24, 2.45) is 11.7 Å². The second-order valence-corrected chi connectivity index (χ2v) is 6.70. The van der Waals surface area contributed by atoms with E-state index in [9.17, 15) is 9.18 Å². The van der Waals surface area contributed by atoms with Gasteiger partial charge in [0.2, 0.25) is 0 Å². The lowest BCUT2D eigenvalue weighted by atomic mass is 9.90. The predicted octanol–water partition coefficient (Wildman–Crippen LogP) is 3.43. The van der Waals surface area contributed by atoms with Gasteiger partial charge in [-0.1, -0.05) is 0 Å². The van der Waals surface area contributed by atoms with E-state index < -0.39 is 5.82 Å². The third-order valence-electron chi connectivity index (χ3n) is 4.95. The monoisotopic (exact) mass is 402 g/mol. The fourth-order valence-corrected chi connectivity index (χ4v) is 3.26. The molecule has 1 fully saturated rings. The van der Waals surface area contributed by atoms with E-state index in [-0.39, 0.29) is 36.8 Å². The van der Waals surface area contributed by atoms with Crippen LogP contribution in [-0.4, -0.2) is 39.9 Å². The van der Waals surface area contributed by atoms with Gasteiger partial charge < -0.3 is 10.6 Å². The van der Waals surface area contributed by atoms with Gasteiger partial charge in [-0.2, -0.15) is 0 Å². The molecule has 2 N–H and O–H groups in total. The number of amides is 1. The Balaban J connectivity index is 0.00000169. The zero-order valence-corrected chi connectivity index (χ0v) is 16.8. The quantitative estimate of drug-likeness (QED) is 0.834. The first-order chi connectivity index (χ1) is 11.4. The van der Waals surface area contributed by atoms with E-state index in [1.54, 1.807) is 4.90 Å². The summed E-state index contributed by atoms with van der Waals surface area (Å²) >= 11 is 0. The van der Waals surface area contributed by atoms with Crippen LogP contribution in [-0.2, 0) is 0 Å². The number of likely N-dealkylation sites (tertiary alicyclic amines) is 1. The summed E-state index contributed by atoms with van der Waals surface area (Å²) < 4.78 is 14.0. The number of fused-ring (bicyclic) bond motifs is 1. The maximum absolute atomic E-state index is 14.0. The number of carbonyl (C=O) groups excluding carboxylic acids is 1. The van der Waals surface area contributed by atoms with Crippen LogP contribution in [0.25, 0.3) is 11.0 Å². The molecule has 5 nitrogen and oxygen atoms in total. The van der Waals surface area contributed by atoms with Crippen LogP contribution in [0.3, 0.4) is 0 Å². The zero-order chi connectivity index (χ0) is 17.4. The Labute approximate surface area is 165 Å². The van der Waals surface area contributed by atoms with Crippen molar-refractivity contribution >= 4 is 41.8 Å². The molecule has 0 saturated carbocycles. The fraction of sp³-hybridized carbons (Fsp3) is 0.500. The van der Waals surface area contributed by atoms with E-state index in [2.05, 4.69) is 9.97 Å². The molecular formula is C18H25Cl2FN4O. The van der Waals surface area contributed by atoms with Crippen LogP contribution in [0.15, 0.2) is 12.1 Å². The van der Waals surface area contributed by atoms with Crippen molar-refractivity contribution < 1.29 is 9.18 Å². The number of carbonyl (C=O) groups is 1. The number of benzene rings is 1. The molecule has 1 aliphatic rings. The van der Waals surface area contributed by atoms with Crippen LogP contribution in [0.5, 0.6) is 0 Å². The lowest BCUT2D eigenvalue weighted by Gasteiger charge is -2.33. The summed E-state index contributed by atoms with van der Waals surface area (Å²) in [6, 6.07) is 2.73. The average molecular weight is 403 g/mol. The topological polar surface area (TPSA) is 72.1 Å². The van der Waals surface area contributed by atoms with Crippen LogP contribution >= 0.6 is 24.8 Å². The SMILES string of the molecule is Cc1nc2cc(F)cc(C(=O)N3CCC(C(C)N)CC3)c2nc1C.Cl.Cl. The molecule has 1 aromatic carbocycles. The Bertz CT molecular complexity index is 792. The molecule has 0 bridgehead atoms. The van der Waals surface area contributed by atoms with Gasteiger partial charge >= 0.3 is 0 Å². The number of nitrogens with two attached hydrogens (primary N) is 1. The molecule has 3 rings (SSSR count). The molecule has 26 heavy (non-hydrogen) atoms. The number of aryl methyl sites for hydroxylation is 2. The summed E-state index contributed by atoms with van der Waals surface area (Å²) in [5, 5.41) is 0. The minimum Gasteiger partial charge on any atom is -0.339 e. The lowest BCUT2D eigenvalue weighted by molar-refractivity contribution is 0.0682. The number of aromatic nitrogens is 2. The second-order valence-electron chi connectivity index (χ2n) is 6.70. The fourth-order valence-electron chi connectivity index (χ4n) is 3.26. The van der Waals surface area contributed by atoms with Crippen LogP contribution in [0, 0.1) is 25.6 Å². The first kappa shape index (κ1) is 22.5. The molecule has 2 aromatic rings. The molecule has 0 spiro atoms. The smallest absolute Gasteiger partial charge is 0.256 e. The van der Waals surface area contributed by atoms with Gasteiger partial charge in [0.1, 0.15) is 11.3 Å². The van der Waals surface area contributed by atoms with Crippen LogP contribution in [0.2, 0.25) is 0 Å². The van der Waals surface area contributed by atoms with Crippen LogP contribution in [0.1, 0.15) is 41.5 Å². The first-order valence-electron chi connectivity index (χ1n) is 8.36. The highest BCUT2D eigenvalue weighted by Gasteiger charge is 2.27. The molecule has 0 radical (unpaired) electrons. The summed E-state index contributed by atoms with van der Waals surface area (Å²) in [5.41, 5.74) is 8.63. The summed E-state index contributed by atoms with van der Waals surface area (Å²) in [5.74, 6) is -0.211. The van der Waals surface area contributed by atoms with Gasteiger partial charge in [-0.3, -0.25) is 4.79 Å². The Morgan fingerprint density at radius 1 is 1.19 bits per heavy atom. The largest absolute Gasteiger partial charge is 0.339 e. The molecular weight excluding hydrogens is 378 g/mol. The van der Waals surface area contributed by atoms with Crippen LogP contribution in [0.4, 0.5) is 4.39 Å². The minimum atomic E-state index is -0.464. The molecule has 8 heteroatoms. The second kappa shape index (κ2) is 8.93. The Kier molecular flexibility index (Phi) is 7.74. The molecule has 1 amide bonds. The van der Waals surface area contributed by atoms with Gasteiger partial charge in [0.15, 0.2) is 0 Å². The van der Waals surface area contributed by atoms with E-state index in [0.717, 1.165) is 24.2 Å². The first-order valence-corrected chi connectivity index (χ1v) is 8.36. The number of rotatable bonds is 2. The van der Waals surface area contributed by atoms with E-state index in [4.69, 9.17) is 5.73 Å². The highest BCUT2D eigenvalue weighted by Crippen LogP contribution is 2.24.